The molecule has 0 spiro atoms. The zero-order chi connectivity index (χ0) is 18.4. The van der Waals surface area contributed by atoms with Gasteiger partial charge in [-0.1, -0.05) is 6.07 Å². The molecule has 2 rings (SSSR count). The van der Waals surface area contributed by atoms with Gasteiger partial charge in [0, 0.05) is 26.2 Å². The number of carbonyl (C=O) groups is 2. The lowest BCUT2D eigenvalue weighted by atomic mass is 10.1. The number of hydrogen-bond acceptors (Lipinski definition) is 5. The minimum absolute atomic E-state index is 0.122. The van der Waals surface area contributed by atoms with Crippen molar-refractivity contribution < 1.29 is 19.1 Å². The first-order valence-electron chi connectivity index (χ1n) is 8.49. The number of nitrogens with zero attached hydrogens (tertiary/aromatic N) is 2. The lowest BCUT2D eigenvalue weighted by Crippen LogP contribution is -2.51. The molecule has 7 nitrogen and oxygen atoms in total. The summed E-state index contributed by atoms with van der Waals surface area (Å²) >= 11 is 0. The van der Waals surface area contributed by atoms with Gasteiger partial charge >= 0.3 is 0 Å². The van der Waals surface area contributed by atoms with E-state index in [2.05, 4.69) is 0 Å². The van der Waals surface area contributed by atoms with Gasteiger partial charge in [0.15, 0.2) is 6.10 Å². The number of benzene rings is 1. The molecule has 0 unspecified atom stereocenters. The molecular weight excluding hydrogens is 322 g/mol. The molecule has 2 amide bonds. The normalized spacial score (nSPS) is 17.3. The molecule has 0 saturated carbocycles. The average molecular weight is 349 g/mol. The van der Waals surface area contributed by atoms with Crippen LogP contribution in [0.4, 0.5) is 0 Å². The zero-order valence-electron chi connectivity index (χ0n) is 15.2. The van der Waals surface area contributed by atoms with Crippen molar-refractivity contribution in [2.75, 3.05) is 46.9 Å². The fourth-order valence-corrected chi connectivity index (χ4v) is 2.61. The minimum Gasteiger partial charge on any atom is -0.493 e. The molecule has 1 fully saturated rings. The summed E-state index contributed by atoms with van der Waals surface area (Å²) in [4.78, 5) is 28.0. The Hall–Kier alpha value is -2.12. The predicted octanol–water partition coefficient (Wildman–Crippen LogP) is 0.652. The molecule has 1 aromatic rings. The first-order chi connectivity index (χ1) is 11.9. The number of carbonyl (C=O) groups excluding carboxylic acids is 2. The fraction of sp³-hybridized carbons (Fsp3) is 0.556. The molecular formula is C18H27N3O4. The lowest BCUT2D eigenvalue weighted by Gasteiger charge is -2.33. The highest BCUT2D eigenvalue weighted by molar-refractivity contribution is 5.95. The van der Waals surface area contributed by atoms with Crippen molar-refractivity contribution >= 4 is 11.8 Å². The van der Waals surface area contributed by atoms with Crippen LogP contribution in [0.5, 0.6) is 5.75 Å². The van der Waals surface area contributed by atoms with Gasteiger partial charge < -0.3 is 25.0 Å². The van der Waals surface area contributed by atoms with E-state index in [-0.39, 0.29) is 18.4 Å². The molecule has 2 N–H and O–H groups in total. The van der Waals surface area contributed by atoms with Crippen LogP contribution < -0.4 is 10.5 Å². The highest BCUT2D eigenvalue weighted by Crippen LogP contribution is 2.21. The van der Waals surface area contributed by atoms with Crippen molar-refractivity contribution in [2.24, 2.45) is 5.73 Å². The van der Waals surface area contributed by atoms with Crippen LogP contribution in [0.15, 0.2) is 18.2 Å². The second-order valence-corrected chi connectivity index (χ2v) is 6.31. The third kappa shape index (κ3) is 4.93. The number of ether oxygens (including phenoxy) is 2. The van der Waals surface area contributed by atoms with Crippen molar-refractivity contribution in [3.8, 4) is 5.75 Å². The Bertz CT molecular complexity index is 618. The molecule has 25 heavy (non-hydrogen) atoms. The summed E-state index contributed by atoms with van der Waals surface area (Å²) in [6.45, 7) is 4.09. The van der Waals surface area contributed by atoms with Crippen LogP contribution in [0.25, 0.3) is 0 Å². The molecule has 1 aliphatic heterocycles. The number of nitrogens with two attached hydrogens (primary N) is 1. The number of amides is 2. The van der Waals surface area contributed by atoms with Crippen LogP contribution >= 0.6 is 0 Å². The van der Waals surface area contributed by atoms with Crippen molar-refractivity contribution in [1.82, 2.24) is 9.80 Å². The Morgan fingerprint density at radius 2 is 2.16 bits per heavy atom. The second kappa shape index (κ2) is 8.82. The maximum atomic E-state index is 12.8. The van der Waals surface area contributed by atoms with Gasteiger partial charge in [0.05, 0.1) is 19.8 Å². The summed E-state index contributed by atoms with van der Waals surface area (Å²) in [6, 6.07) is 5.41. The monoisotopic (exact) mass is 349 g/mol. The van der Waals surface area contributed by atoms with Crippen LogP contribution in [0.3, 0.4) is 0 Å². The first-order valence-corrected chi connectivity index (χ1v) is 8.49. The van der Waals surface area contributed by atoms with E-state index in [9.17, 15) is 9.59 Å². The van der Waals surface area contributed by atoms with E-state index in [1.165, 1.54) is 4.90 Å². The van der Waals surface area contributed by atoms with E-state index in [0.29, 0.717) is 37.6 Å². The molecule has 1 aliphatic rings. The van der Waals surface area contributed by atoms with Gasteiger partial charge in [-0.2, -0.15) is 0 Å². The molecule has 0 radical (unpaired) electrons. The largest absolute Gasteiger partial charge is 0.493 e. The Kier molecular flexibility index (Phi) is 6.78. The van der Waals surface area contributed by atoms with E-state index in [0.717, 1.165) is 12.0 Å². The SMILES string of the molecule is Cc1ccc(C(=O)N2CCO[C@@H](C(=O)N(C)C)C2)cc1OCCCN. The molecule has 1 saturated heterocycles. The van der Waals surface area contributed by atoms with E-state index in [1.807, 2.05) is 13.0 Å². The second-order valence-electron chi connectivity index (χ2n) is 6.31. The van der Waals surface area contributed by atoms with Crippen LogP contribution in [0, 0.1) is 6.92 Å². The average Bonchev–Trinajstić information content (AvgIpc) is 2.62. The van der Waals surface area contributed by atoms with E-state index < -0.39 is 6.10 Å². The van der Waals surface area contributed by atoms with Crippen LogP contribution in [-0.2, 0) is 9.53 Å². The molecule has 1 heterocycles. The van der Waals surface area contributed by atoms with Gasteiger partial charge in [-0.25, -0.2) is 0 Å². The number of morpholine rings is 1. The maximum absolute atomic E-state index is 12.8. The highest BCUT2D eigenvalue weighted by Gasteiger charge is 2.30. The maximum Gasteiger partial charge on any atom is 0.254 e. The van der Waals surface area contributed by atoms with Gasteiger partial charge in [0.25, 0.3) is 11.8 Å². The van der Waals surface area contributed by atoms with Crippen LogP contribution in [0.1, 0.15) is 22.3 Å². The number of rotatable bonds is 6. The smallest absolute Gasteiger partial charge is 0.254 e. The van der Waals surface area contributed by atoms with Crippen LogP contribution in [-0.4, -0.2) is 74.7 Å². The van der Waals surface area contributed by atoms with Gasteiger partial charge in [-0.05, 0) is 37.6 Å². The predicted molar refractivity (Wildman–Crippen MR) is 94.7 cm³/mol. The lowest BCUT2D eigenvalue weighted by molar-refractivity contribution is -0.145. The summed E-state index contributed by atoms with van der Waals surface area (Å²) in [6.07, 6.45) is 0.147. The molecule has 1 atom stereocenters. The van der Waals surface area contributed by atoms with Crippen molar-refractivity contribution in [3.63, 3.8) is 0 Å². The third-order valence-corrected chi connectivity index (χ3v) is 4.11. The summed E-state index contributed by atoms with van der Waals surface area (Å²) in [5, 5.41) is 0. The topological polar surface area (TPSA) is 85.1 Å². The number of hydrogen-bond donors (Lipinski definition) is 1. The summed E-state index contributed by atoms with van der Waals surface area (Å²) in [5.41, 5.74) is 7.00. The first kappa shape index (κ1) is 19.2. The standard InChI is InChI=1S/C18H27N3O4/c1-13-5-6-14(11-15(13)24-9-4-7-19)17(22)21-8-10-25-16(12-21)18(23)20(2)3/h5-6,11,16H,4,7-10,12,19H2,1-3H3/t16-/m1/s1. The van der Waals surface area contributed by atoms with E-state index in [4.69, 9.17) is 15.2 Å². The van der Waals surface area contributed by atoms with Gasteiger partial charge in [-0.3, -0.25) is 9.59 Å². The Morgan fingerprint density at radius 3 is 2.84 bits per heavy atom. The molecule has 138 valence electrons. The fourth-order valence-electron chi connectivity index (χ4n) is 2.61. The molecule has 7 heteroatoms. The van der Waals surface area contributed by atoms with Crippen molar-refractivity contribution in [2.45, 2.75) is 19.4 Å². The third-order valence-electron chi connectivity index (χ3n) is 4.11. The Balaban J connectivity index is 2.08. The highest BCUT2D eigenvalue weighted by atomic mass is 16.5. The van der Waals surface area contributed by atoms with Gasteiger partial charge in [0.1, 0.15) is 5.75 Å². The summed E-state index contributed by atoms with van der Waals surface area (Å²) < 4.78 is 11.2. The van der Waals surface area contributed by atoms with Gasteiger partial charge in [0.2, 0.25) is 0 Å². The quantitative estimate of drug-likeness (QED) is 0.763. The Labute approximate surface area is 148 Å². The van der Waals surface area contributed by atoms with E-state index in [1.54, 1.807) is 31.1 Å². The number of aryl methyl sites for hydroxylation is 1. The minimum atomic E-state index is -0.613. The van der Waals surface area contributed by atoms with Crippen molar-refractivity contribution in [3.05, 3.63) is 29.3 Å². The molecule has 1 aromatic carbocycles. The van der Waals surface area contributed by atoms with Gasteiger partial charge in [-0.15, -0.1) is 0 Å². The zero-order valence-corrected chi connectivity index (χ0v) is 15.2. The van der Waals surface area contributed by atoms with Crippen molar-refractivity contribution in [1.29, 1.82) is 0 Å². The summed E-state index contributed by atoms with van der Waals surface area (Å²) in [7, 11) is 3.36. The van der Waals surface area contributed by atoms with Crippen LogP contribution in [0.2, 0.25) is 0 Å². The Morgan fingerprint density at radius 1 is 1.40 bits per heavy atom. The summed E-state index contributed by atoms with van der Waals surface area (Å²) in [5.74, 6) is 0.434. The number of likely N-dealkylation sites (N-methyl/N-ethyl adjacent to an activating group) is 1. The van der Waals surface area contributed by atoms with E-state index >= 15 is 0 Å². The molecule has 0 bridgehead atoms. The molecule has 0 aliphatic carbocycles. The molecule has 0 aromatic heterocycles.